The van der Waals surface area contributed by atoms with E-state index in [1.807, 2.05) is 0 Å². The normalized spacial score (nSPS) is 11.9. The van der Waals surface area contributed by atoms with Crippen molar-refractivity contribution in [3.8, 4) is 11.1 Å². The average molecular weight is 465 g/mol. The Balaban J connectivity index is 1.87. The predicted octanol–water partition coefficient (Wildman–Crippen LogP) is 3.10. The van der Waals surface area contributed by atoms with E-state index < -0.39 is 33.0 Å². The largest absolute Gasteiger partial charge is 0.433 e. The number of aryl methyl sites for hydroxylation is 1. The summed E-state index contributed by atoms with van der Waals surface area (Å²) in [4.78, 5) is 31.6. The van der Waals surface area contributed by atoms with Crippen molar-refractivity contribution in [3.05, 3.63) is 81.5 Å². The van der Waals surface area contributed by atoms with E-state index >= 15 is 0 Å². The molecule has 3 aromatic rings. The Hall–Kier alpha value is -3.47. The Kier molecular flexibility index (Phi) is 6.22. The molecular formula is C21H18F3N3O4S. The number of aromatic nitrogens is 2. The third kappa shape index (κ3) is 5.05. The monoisotopic (exact) mass is 465 g/mol. The van der Waals surface area contributed by atoms with Crippen LogP contribution in [-0.2, 0) is 22.6 Å². The molecule has 32 heavy (non-hydrogen) atoms. The van der Waals surface area contributed by atoms with Crippen LogP contribution in [0.25, 0.3) is 11.1 Å². The lowest BCUT2D eigenvalue weighted by Gasteiger charge is -2.11. The van der Waals surface area contributed by atoms with Gasteiger partial charge in [0.05, 0.1) is 4.90 Å². The molecule has 0 aliphatic heterocycles. The molecule has 0 aliphatic rings. The van der Waals surface area contributed by atoms with Gasteiger partial charge in [0.1, 0.15) is 11.3 Å². The number of sulfone groups is 1. The van der Waals surface area contributed by atoms with Gasteiger partial charge in [0, 0.05) is 36.5 Å². The first-order chi connectivity index (χ1) is 14.9. The molecule has 0 fully saturated rings. The number of halogens is 3. The van der Waals surface area contributed by atoms with Crippen molar-refractivity contribution in [1.29, 1.82) is 0 Å². The van der Waals surface area contributed by atoms with Crippen LogP contribution in [0.4, 0.5) is 13.2 Å². The molecule has 0 spiro atoms. The van der Waals surface area contributed by atoms with Gasteiger partial charge in [-0.25, -0.2) is 8.42 Å². The van der Waals surface area contributed by atoms with Gasteiger partial charge in [-0.05, 0) is 42.3 Å². The number of nitrogens with zero attached hydrogens (tertiary/aromatic N) is 1. The standard InChI is InChI=1S/C21H18F3N3O4S/c1-12-18(14-7-8-25-17(9-14)21(22,23)24)19(28)16(11-26-12)20(29)27-10-13-3-5-15(6-4-13)32(2,30)31/h3-9,11H,10H2,1-2H3,(H,26,28)(H,27,29). The molecule has 0 unspecified atom stereocenters. The fraction of sp³-hybridized carbons (Fsp3) is 0.190. The van der Waals surface area contributed by atoms with Gasteiger partial charge in [0.25, 0.3) is 5.91 Å². The number of amides is 1. The second-order valence-corrected chi connectivity index (χ2v) is 9.07. The number of hydrogen-bond acceptors (Lipinski definition) is 5. The molecule has 3 rings (SSSR count). The van der Waals surface area contributed by atoms with Gasteiger partial charge in [-0.1, -0.05) is 12.1 Å². The lowest BCUT2D eigenvalue weighted by Crippen LogP contribution is -2.29. The van der Waals surface area contributed by atoms with E-state index in [1.165, 1.54) is 43.5 Å². The SMILES string of the molecule is Cc1[nH]cc(C(=O)NCc2ccc(S(C)(=O)=O)cc2)c(=O)c1-c1ccnc(C(F)(F)F)c1. The first-order valence-electron chi connectivity index (χ1n) is 9.21. The lowest BCUT2D eigenvalue weighted by molar-refractivity contribution is -0.141. The van der Waals surface area contributed by atoms with E-state index in [-0.39, 0.29) is 28.1 Å². The summed E-state index contributed by atoms with van der Waals surface area (Å²) in [5, 5.41) is 2.55. The topological polar surface area (TPSA) is 109 Å². The zero-order valence-corrected chi connectivity index (χ0v) is 17.8. The highest BCUT2D eigenvalue weighted by Gasteiger charge is 2.33. The minimum Gasteiger partial charge on any atom is -0.364 e. The molecule has 0 bridgehead atoms. The number of rotatable bonds is 5. The molecule has 2 heterocycles. The fourth-order valence-electron chi connectivity index (χ4n) is 3.01. The van der Waals surface area contributed by atoms with E-state index in [9.17, 15) is 31.2 Å². The maximum atomic E-state index is 13.0. The van der Waals surface area contributed by atoms with E-state index in [0.717, 1.165) is 18.5 Å². The number of carbonyl (C=O) groups is 1. The molecule has 1 aromatic carbocycles. The number of H-pyrrole nitrogens is 1. The van der Waals surface area contributed by atoms with Gasteiger partial charge >= 0.3 is 6.18 Å². The van der Waals surface area contributed by atoms with Gasteiger partial charge < -0.3 is 10.3 Å². The molecule has 2 aromatic heterocycles. The van der Waals surface area contributed by atoms with Crippen molar-refractivity contribution < 1.29 is 26.4 Å². The second-order valence-electron chi connectivity index (χ2n) is 7.06. The van der Waals surface area contributed by atoms with Crippen LogP contribution < -0.4 is 10.7 Å². The maximum Gasteiger partial charge on any atom is 0.433 e. The summed E-state index contributed by atoms with van der Waals surface area (Å²) >= 11 is 0. The van der Waals surface area contributed by atoms with Crippen molar-refractivity contribution in [3.63, 3.8) is 0 Å². The fourth-order valence-corrected chi connectivity index (χ4v) is 3.64. The van der Waals surface area contributed by atoms with Crippen LogP contribution in [0.5, 0.6) is 0 Å². The molecule has 11 heteroatoms. The minimum atomic E-state index is -4.68. The number of aromatic amines is 1. The summed E-state index contributed by atoms with van der Waals surface area (Å²) < 4.78 is 62.0. The van der Waals surface area contributed by atoms with E-state index in [4.69, 9.17) is 0 Å². The molecule has 0 radical (unpaired) electrons. The molecule has 0 saturated heterocycles. The Morgan fingerprint density at radius 3 is 2.41 bits per heavy atom. The highest BCUT2D eigenvalue weighted by molar-refractivity contribution is 7.90. The zero-order chi connectivity index (χ0) is 23.7. The Bertz CT molecular complexity index is 1330. The Morgan fingerprint density at radius 1 is 1.16 bits per heavy atom. The van der Waals surface area contributed by atoms with Gasteiger partial charge in [-0.15, -0.1) is 0 Å². The van der Waals surface area contributed by atoms with Crippen molar-refractivity contribution >= 4 is 15.7 Å². The number of nitrogens with one attached hydrogen (secondary N) is 2. The number of alkyl halides is 3. The van der Waals surface area contributed by atoms with E-state index in [0.29, 0.717) is 11.3 Å². The summed E-state index contributed by atoms with van der Waals surface area (Å²) in [7, 11) is -3.35. The first kappa shape index (κ1) is 23.2. The van der Waals surface area contributed by atoms with Crippen LogP contribution in [-0.4, -0.2) is 30.5 Å². The second kappa shape index (κ2) is 8.58. The lowest BCUT2D eigenvalue weighted by atomic mass is 10.0. The van der Waals surface area contributed by atoms with Gasteiger partial charge in [0.15, 0.2) is 9.84 Å². The number of hydrogen-bond donors (Lipinski definition) is 2. The molecule has 168 valence electrons. The minimum absolute atomic E-state index is 0.0129. The van der Waals surface area contributed by atoms with Crippen LogP contribution in [0.1, 0.15) is 27.3 Å². The highest BCUT2D eigenvalue weighted by Crippen LogP contribution is 2.30. The van der Waals surface area contributed by atoms with Crippen molar-refractivity contribution in [2.75, 3.05) is 6.26 Å². The van der Waals surface area contributed by atoms with Crippen molar-refractivity contribution in [2.45, 2.75) is 24.5 Å². The molecule has 2 N–H and O–H groups in total. The molecular weight excluding hydrogens is 447 g/mol. The maximum absolute atomic E-state index is 13.0. The molecule has 0 saturated carbocycles. The van der Waals surface area contributed by atoms with Crippen LogP contribution in [0.15, 0.2) is 58.5 Å². The van der Waals surface area contributed by atoms with Gasteiger partial charge in [0.2, 0.25) is 5.43 Å². The van der Waals surface area contributed by atoms with E-state index in [1.54, 1.807) is 0 Å². The zero-order valence-electron chi connectivity index (χ0n) is 16.9. The van der Waals surface area contributed by atoms with Crippen molar-refractivity contribution in [1.82, 2.24) is 15.3 Å². The molecule has 0 atom stereocenters. The number of carbonyl (C=O) groups excluding carboxylic acids is 1. The smallest absolute Gasteiger partial charge is 0.364 e. The summed E-state index contributed by atoms with van der Waals surface area (Å²) in [5.74, 6) is -0.732. The van der Waals surface area contributed by atoms with Crippen molar-refractivity contribution in [2.24, 2.45) is 0 Å². The predicted molar refractivity (Wildman–Crippen MR) is 111 cm³/mol. The summed E-state index contributed by atoms with van der Waals surface area (Å²) in [6.45, 7) is 1.52. The molecule has 0 aliphatic carbocycles. The van der Waals surface area contributed by atoms with Gasteiger partial charge in [-0.3, -0.25) is 14.6 Å². The van der Waals surface area contributed by atoms with Gasteiger partial charge in [-0.2, -0.15) is 13.2 Å². The highest BCUT2D eigenvalue weighted by atomic mass is 32.2. The average Bonchev–Trinajstić information content (AvgIpc) is 2.71. The van der Waals surface area contributed by atoms with Crippen LogP contribution in [0.2, 0.25) is 0 Å². The Morgan fingerprint density at radius 2 is 1.81 bits per heavy atom. The number of pyridine rings is 2. The third-order valence-electron chi connectivity index (χ3n) is 4.67. The Labute approximate surface area is 181 Å². The first-order valence-corrected chi connectivity index (χ1v) is 11.1. The molecule has 7 nitrogen and oxygen atoms in total. The van der Waals surface area contributed by atoms with Crippen LogP contribution >= 0.6 is 0 Å². The third-order valence-corrected chi connectivity index (χ3v) is 5.80. The van der Waals surface area contributed by atoms with Crippen LogP contribution in [0.3, 0.4) is 0 Å². The van der Waals surface area contributed by atoms with Crippen LogP contribution in [0, 0.1) is 6.92 Å². The molecule has 1 amide bonds. The summed E-state index contributed by atoms with van der Waals surface area (Å²) in [5.41, 5.74) is -1.35. The summed E-state index contributed by atoms with van der Waals surface area (Å²) in [6.07, 6.45) is -1.47. The quantitative estimate of drug-likeness (QED) is 0.602. The van der Waals surface area contributed by atoms with E-state index in [2.05, 4.69) is 15.3 Å². The summed E-state index contributed by atoms with van der Waals surface area (Å²) in [6, 6.07) is 7.86. The number of benzene rings is 1.